The number of carbonyl (C=O) groups excluding carboxylic acids is 1. The molecule has 0 aliphatic carbocycles. The molecule has 0 saturated heterocycles. The molecule has 1 aliphatic rings. The van der Waals surface area contributed by atoms with Crippen LogP contribution in [0.5, 0.6) is 5.75 Å². The van der Waals surface area contributed by atoms with Gasteiger partial charge in [-0.05, 0) is 59.9 Å². The highest BCUT2D eigenvalue weighted by Crippen LogP contribution is 2.31. The summed E-state index contributed by atoms with van der Waals surface area (Å²) in [5.41, 5.74) is 3.09. The second kappa shape index (κ2) is 4.84. The molecule has 3 heteroatoms. The molecule has 2 aromatic carbocycles. The second-order valence-corrected chi connectivity index (χ2v) is 4.62. The molecular formula is C16H13FO2. The van der Waals surface area contributed by atoms with Crippen molar-refractivity contribution in [1.29, 1.82) is 0 Å². The lowest BCUT2D eigenvalue weighted by atomic mass is 9.96. The lowest BCUT2D eigenvalue weighted by Gasteiger charge is -2.18. The Labute approximate surface area is 110 Å². The van der Waals surface area contributed by atoms with Crippen molar-refractivity contribution in [3.05, 3.63) is 53.3 Å². The number of rotatable bonds is 2. The van der Waals surface area contributed by atoms with Crippen LogP contribution in [0.1, 0.15) is 22.3 Å². The molecule has 0 aromatic heterocycles. The number of carbonyl (C=O) groups is 1. The van der Waals surface area contributed by atoms with Crippen LogP contribution in [0.15, 0.2) is 36.4 Å². The summed E-state index contributed by atoms with van der Waals surface area (Å²) in [5.74, 6) is 0.550. The highest BCUT2D eigenvalue weighted by Gasteiger charge is 2.13. The molecular weight excluding hydrogens is 243 g/mol. The maximum absolute atomic E-state index is 13.4. The molecule has 0 N–H and O–H groups in total. The van der Waals surface area contributed by atoms with E-state index in [1.165, 1.54) is 18.2 Å². The van der Waals surface area contributed by atoms with E-state index < -0.39 is 0 Å². The molecule has 1 aliphatic heterocycles. The van der Waals surface area contributed by atoms with Crippen LogP contribution in [-0.4, -0.2) is 12.9 Å². The zero-order valence-corrected chi connectivity index (χ0v) is 10.4. The van der Waals surface area contributed by atoms with Crippen LogP contribution < -0.4 is 4.74 Å². The number of fused-ring (bicyclic) bond motifs is 1. The maximum atomic E-state index is 13.4. The van der Waals surface area contributed by atoms with Gasteiger partial charge in [-0.15, -0.1) is 0 Å². The number of hydrogen-bond donors (Lipinski definition) is 0. The van der Waals surface area contributed by atoms with E-state index in [4.69, 9.17) is 4.74 Å². The lowest BCUT2D eigenvalue weighted by molar-refractivity contribution is 0.112. The molecule has 19 heavy (non-hydrogen) atoms. The summed E-state index contributed by atoms with van der Waals surface area (Å²) in [6.45, 7) is 0.742. The molecule has 0 spiro atoms. The number of aryl methyl sites for hydroxylation is 1. The van der Waals surface area contributed by atoms with Crippen molar-refractivity contribution in [2.45, 2.75) is 12.8 Å². The monoisotopic (exact) mass is 256 g/mol. The van der Waals surface area contributed by atoms with Crippen molar-refractivity contribution in [1.82, 2.24) is 0 Å². The minimum atomic E-state index is -0.338. The second-order valence-electron chi connectivity index (χ2n) is 4.62. The van der Waals surface area contributed by atoms with Crippen molar-refractivity contribution in [2.75, 3.05) is 6.61 Å². The predicted octanol–water partition coefficient (Wildman–Crippen LogP) is 3.63. The number of benzene rings is 2. The van der Waals surface area contributed by atoms with Crippen LogP contribution in [-0.2, 0) is 6.42 Å². The lowest BCUT2D eigenvalue weighted by Crippen LogP contribution is -2.08. The fourth-order valence-corrected chi connectivity index (χ4v) is 2.41. The Morgan fingerprint density at radius 3 is 2.89 bits per heavy atom. The SMILES string of the molecule is O=Cc1ccc(F)cc1-c1ccc2c(c1)CCCO2. The summed E-state index contributed by atoms with van der Waals surface area (Å²) in [5, 5.41) is 0. The molecule has 2 nitrogen and oxygen atoms in total. The van der Waals surface area contributed by atoms with E-state index in [-0.39, 0.29) is 5.82 Å². The van der Waals surface area contributed by atoms with Crippen LogP contribution in [0.4, 0.5) is 4.39 Å². The summed E-state index contributed by atoms with van der Waals surface area (Å²) in [7, 11) is 0. The smallest absolute Gasteiger partial charge is 0.150 e. The van der Waals surface area contributed by atoms with Crippen molar-refractivity contribution in [2.24, 2.45) is 0 Å². The van der Waals surface area contributed by atoms with E-state index in [2.05, 4.69) is 0 Å². The quantitative estimate of drug-likeness (QED) is 0.767. The van der Waals surface area contributed by atoms with Crippen molar-refractivity contribution >= 4 is 6.29 Å². The van der Waals surface area contributed by atoms with Gasteiger partial charge in [0.15, 0.2) is 6.29 Å². The number of ether oxygens (including phenoxy) is 1. The van der Waals surface area contributed by atoms with Gasteiger partial charge in [-0.1, -0.05) is 6.07 Å². The Kier molecular flexibility index (Phi) is 3.03. The number of hydrogen-bond acceptors (Lipinski definition) is 2. The minimum absolute atomic E-state index is 0.338. The average Bonchev–Trinajstić information content (AvgIpc) is 2.46. The minimum Gasteiger partial charge on any atom is -0.493 e. The first kappa shape index (κ1) is 11.9. The van der Waals surface area contributed by atoms with Gasteiger partial charge in [0.1, 0.15) is 11.6 Å². The van der Waals surface area contributed by atoms with Crippen LogP contribution in [0.25, 0.3) is 11.1 Å². The summed E-state index contributed by atoms with van der Waals surface area (Å²) in [6.07, 6.45) is 2.69. The van der Waals surface area contributed by atoms with E-state index in [0.717, 1.165) is 42.6 Å². The van der Waals surface area contributed by atoms with Gasteiger partial charge in [0.05, 0.1) is 6.61 Å². The first-order valence-electron chi connectivity index (χ1n) is 6.29. The van der Waals surface area contributed by atoms with Gasteiger partial charge >= 0.3 is 0 Å². The molecule has 0 atom stereocenters. The first-order chi connectivity index (χ1) is 9.28. The topological polar surface area (TPSA) is 26.3 Å². The third-order valence-corrected chi connectivity index (χ3v) is 3.36. The summed E-state index contributed by atoms with van der Waals surface area (Å²) in [6, 6.07) is 9.95. The van der Waals surface area contributed by atoms with Gasteiger partial charge in [-0.3, -0.25) is 4.79 Å². The predicted molar refractivity (Wildman–Crippen MR) is 71.0 cm³/mol. The van der Waals surface area contributed by atoms with E-state index in [9.17, 15) is 9.18 Å². The summed E-state index contributed by atoms with van der Waals surface area (Å²) >= 11 is 0. The standard InChI is InChI=1S/C16H13FO2/c17-14-5-3-13(10-18)15(9-14)11-4-6-16-12(8-11)2-1-7-19-16/h3-6,8-10H,1-2,7H2. The Morgan fingerprint density at radius 2 is 2.05 bits per heavy atom. The fraction of sp³-hybridized carbons (Fsp3) is 0.188. The summed E-state index contributed by atoms with van der Waals surface area (Å²) in [4.78, 5) is 11.1. The Bertz CT molecular complexity index is 635. The van der Waals surface area contributed by atoms with Gasteiger partial charge in [0, 0.05) is 5.56 Å². The van der Waals surface area contributed by atoms with Gasteiger partial charge in [-0.25, -0.2) is 4.39 Å². The molecule has 1 heterocycles. The van der Waals surface area contributed by atoms with Crippen LogP contribution in [0, 0.1) is 5.82 Å². The molecule has 0 saturated carbocycles. The van der Waals surface area contributed by atoms with Crippen molar-refractivity contribution in [3.8, 4) is 16.9 Å². The fourth-order valence-electron chi connectivity index (χ4n) is 2.41. The third kappa shape index (κ3) is 2.24. The third-order valence-electron chi connectivity index (χ3n) is 3.36. The maximum Gasteiger partial charge on any atom is 0.150 e. The first-order valence-corrected chi connectivity index (χ1v) is 6.29. The van der Waals surface area contributed by atoms with Crippen molar-refractivity contribution in [3.63, 3.8) is 0 Å². The van der Waals surface area contributed by atoms with Gasteiger partial charge in [0.25, 0.3) is 0 Å². The largest absolute Gasteiger partial charge is 0.493 e. The van der Waals surface area contributed by atoms with Gasteiger partial charge in [0.2, 0.25) is 0 Å². The normalized spacial score (nSPS) is 13.5. The molecule has 3 rings (SSSR count). The van der Waals surface area contributed by atoms with Crippen molar-refractivity contribution < 1.29 is 13.9 Å². The highest BCUT2D eigenvalue weighted by atomic mass is 19.1. The molecule has 0 fully saturated rings. The van der Waals surface area contributed by atoms with E-state index in [1.807, 2.05) is 18.2 Å². The Morgan fingerprint density at radius 1 is 1.16 bits per heavy atom. The zero-order chi connectivity index (χ0) is 13.2. The van der Waals surface area contributed by atoms with E-state index >= 15 is 0 Å². The molecule has 0 bridgehead atoms. The molecule has 0 unspecified atom stereocenters. The summed E-state index contributed by atoms with van der Waals surface area (Å²) < 4.78 is 18.9. The average molecular weight is 256 g/mol. The van der Waals surface area contributed by atoms with Crippen LogP contribution in [0.2, 0.25) is 0 Å². The number of aldehydes is 1. The van der Waals surface area contributed by atoms with Gasteiger partial charge < -0.3 is 4.74 Å². The molecule has 96 valence electrons. The Hall–Kier alpha value is -2.16. The van der Waals surface area contributed by atoms with E-state index in [1.54, 1.807) is 0 Å². The molecule has 0 radical (unpaired) electrons. The molecule has 2 aromatic rings. The highest BCUT2D eigenvalue weighted by molar-refractivity contribution is 5.87. The van der Waals surface area contributed by atoms with E-state index in [0.29, 0.717) is 11.1 Å². The molecule has 0 amide bonds. The van der Waals surface area contributed by atoms with Gasteiger partial charge in [-0.2, -0.15) is 0 Å². The number of halogens is 1. The van der Waals surface area contributed by atoms with Crippen LogP contribution >= 0.6 is 0 Å². The Balaban J connectivity index is 2.11. The van der Waals surface area contributed by atoms with Crippen LogP contribution in [0.3, 0.4) is 0 Å². The zero-order valence-electron chi connectivity index (χ0n) is 10.4.